The molecule has 0 aliphatic heterocycles. The Hall–Kier alpha value is -2.09. The van der Waals surface area contributed by atoms with Gasteiger partial charge in [-0.25, -0.2) is 0 Å². The van der Waals surface area contributed by atoms with Crippen LogP contribution in [0.15, 0.2) is 47.3 Å². The predicted octanol–water partition coefficient (Wildman–Crippen LogP) is 4.39. The van der Waals surface area contributed by atoms with Gasteiger partial charge in [-0.2, -0.15) is 10.2 Å². The van der Waals surface area contributed by atoms with E-state index in [2.05, 4.69) is 31.4 Å². The van der Waals surface area contributed by atoms with Crippen LogP contribution in [0.2, 0.25) is 10.0 Å². The summed E-state index contributed by atoms with van der Waals surface area (Å²) < 4.78 is 4.05. The van der Waals surface area contributed by atoms with Crippen LogP contribution in [-0.4, -0.2) is 25.5 Å². The number of hydrogen-bond acceptors (Lipinski definition) is 3. The number of anilines is 1. The maximum atomic E-state index is 12.1. The van der Waals surface area contributed by atoms with Gasteiger partial charge in [0, 0.05) is 31.1 Å². The lowest BCUT2D eigenvalue weighted by Gasteiger charge is -2.03. The van der Waals surface area contributed by atoms with Crippen LogP contribution in [-0.2, 0) is 18.4 Å². The minimum Gasteiger partial charge on any atom is -0.305 e. The predicted molar refractivity (Wildman–Crippen MR) is 106 cm³/mol. The van der Waals surface area contributed by atoms with Gasteiger partial charge >= 0.3 is 0 Å². The molecule has 0 unspecified atom stereocenters. The van der Waals surface area contributed by atoms with Crippen molar-refractivity contribution in [3.05, 3.63) is 68.5 Å². The van der Waals surface area contributed by atoms with Gasteiger partial charge in [0.1, 0.15) is 0 Å². The average molecular weight is 455 g/mol. The van der Waals surface area contributed by atoms with Gasteiger partial charge in [0.05, 0.1) is 27.3 Å². The van der Waals surface area contributed by atoms with Crippen molar-refractivity contribution in [2.45, 2.75) is 6.54 Å². The Morgan fingerprint density at radius 3 is 2.81 bits per heavy atom. The summed E-state index contributed by atoms with van der Waals surface area (Å²) in [5, 5.41) is 12.1. The SMILES string of the molecule is Cn1cc(/C=C/C(=O)Nc2nn(Cc3ccc(Cl)c(Cl)c3)cc2Br)cn1. The van der Waals surface area contributed by atoms with Crippen LogP contribution in [0.1, 0.15) is 11.1 Å². The maximum absolute atomic E-state index is 12.1. The van der Waals surface area contributed by atoms with Crippen LogP contribution < -0.4 is 5.32 Å². The van der Waals surface area contributed by atoms with Gasteiger partial charge in [0.25, 0.3) is 0 Å². The molecule has 0 fully saturated rings. The molecule has 0 aliphatic carbocycles. The lowest BCUT2D eigenvalue weighted by atomic mass is 10.2. The number of nitrogens with one attached hydrogen (secondary N) is 1. The molecule has 1 amide bonds. The van der Waals surface area contributed by atoms with Crippen molar-refractivity contribution in [3.8, 4) is 0 Å². The molecule has 134 valence electrons. The van der Waals surface area contributed by atoms with E-state index in [1.165, 1.54) is 6.08 Å². The molecule has 0 aliphatic rings. The van der Waals surface area contributed by atoms with Gasteiger partial charge in [-0.3, -0.25) is 14.2 Å². The third-order valence-electron chi connectivity index (χ3n) is 3.44. The molecule has 2 heterocycles. The molecule has 6 nitrogen and oxygen atoms in total. The molecule has 3 aromatic rings. The Morgan fingerprint density at radius 2 is 2.12 bits per heavy atom. The van der Waals surface area contributed by atoms with Crippen LogP contribution >= 0.6 is 39.1 Å². The normalized spacial score (nSPS) is 11.2. The number of carbonyl (C=O) groups excluding carboxylic acids is 1. The smallest absolute Gasteiger partial charge is 0.249 e. The molecule has 9 heteroatoms. The van der Waals surface area contributed by atoms with E-state index in [4.69, 9.17) is 23.2 Å². The minimum absolute atomic E-state index is 0.283. The van der Waals surface area contributed by atoms with Gasteiger partial charge < -0.3 is 5.32 Å². The van der Waals surface area contributed by atoms with Crippen LogP contribution in [0.25, 0.3) is 6.08 Å². The Kier molecular flexibility index (Phi) is 5.80. The number of rotatable bonds is 5. The number of benzene rings is 1. The largest absolute Gasteiger partial charge is 0.305 e. The topological polar surface area (TPSA) is 64.7 Å². The zero-order chi connectivity index (χ0) is 18.7. The maximum Gasteiger partial charge on any atom is 0.249 e. The van der Waals surface area contributed by atoms with Gasteiger partial charge in [-0.05, 0) is 39.7 Å². The zero-order valence-corrected chi connectivity index (χ0v) is 16.8. The van der Waals surface area contributed by atoms with Crippen LogP contribution in [0.4, 0.5) is 5.82 Å². The Morgan fingerprint density at radius 1 is 1.31 bits per heavy atom. The van der Waals surface area contributed by atoms with Gasteiger partial charge in [-0.1, -0.05) is 29.3 Å². The van der Waals surface area contributed by atoms with E-state index in [1.807, 2.05) is 19.3 Å². The molecule has 0 spiro atoms. The van der Waals surface area contributed by atoms with Gasteiger partial charge in [0.2, 0.25) is 5.91 Å². The molecular formula is C17H14BrCl2N5O. The van der Waals surface area contributed by atoms with Gasteiger partial charge in [0.15, 0.2) is 5.82 Å². The summed E-state index contributed by atoms with van der Waals surface area (Å²) in [5.74, 6) is 0.153. The Balaban J connectivity index is 1.66. The van der Waals surface area contributed by atoms with E-state index in [1.54, 1.807) is 40.0 Å². The first-order valence-electron chi connectivity index (χ1n) is 7.55. The quantitative estimate of drug-likeness (QED) is 0.581. The average Bonchev–Trinajstić information content (AvgIpc) is 3.15. The first-order chi connectivity index (χ1) is 12.4. The van der Waals surface area contributed by atoms with Crippen LogP contribution in [0, 0.1) is 0 Å². The van der Waals surface area contributed by atoms with Crippen molar-refractivity contribution in [1.82, 2.24) is 19.6 Å². The monoisotopic (exact) mass is 453 g/mol. The highest BCUT2D eigenvalue weighted by atomic mass is 79.9. The van der Waals surface area contributed by atoms with E-state index in [0.717, 1.165) is 11.1 Å². The lowest BCUT2D eigenvalue weighted by Crippen LogP contribution is -2.09. The van der Waals surface area contributed by atoms with Crippen LogP contribution in [0.3, 0.4) is 0 Å². The molecular weight excluding hydrogens is 441 g/mol. The van der Waals surface area contributed by atoms with Crippen molar-refractivity contribution in [2.24, 2.45) is 7.05 Å². The molecule has 0 saturated carbocycles. The third kappa shape index (κ3) is 4.75. The molecule has 26 heavy (non-hydrogen) atoms. The minimum atomic E-state index is -0.283. The van der Waals surface area contributed by atoms with Crippen molar-refractivity contribution in [1.29, 1.82) is 0 Å². The van der Waals surface area contributed by atoms with E-state index in [-0.39, 0.29) is 5.91 Å². The summed E-state index contributed by atoms with van der Waals surface area (Å²) in [4.78, 5) is 12.1. The summed E-state index contributed by atoms with van der Waals surface area (Å²) in [6.45, 7) is 0.497. The summed E-state index contributed by atoms with van der Waals surface area (Å²) in [6.07, 6.45) is 8.38. The Labute approximate surface area is 168 Å². The molecule has 0 bridgehead atoms. The number of hydrogen-bond donors (Lipinski definition) is 1. The number of amides is 1. The van der Waals surface area contributed by atoms with Crippen molar-refractivity contribution in [2.75, 3.05) is 5.32 Å². The second kappa shape index (κ2) is 8.07. The van der Waals surface area contributed by atoms with E-state index in [0.29, 0.717) is 26.9 Å². The molecule has 0 saturated heterocycles. The number of halogens is 3. The Bertz CT molecular complexity index is 979. The molecule has 3 rings (SSSR count). The number of aromatic nitrogens is 4. The van der Waals surface area contributed by atoms with Gasteiger partial charge in [-0.15, -0.1) is 0 Å². The summed E-state index contributed by atoms with van der Waals surface area (Å²) >= 11 is 15.4. The lowest BCUT2D eigenvalue weighted by molar-refractivity contribution is -0.111. The highest BCUT2D eigenvalue weighted by molar-refractivity contribution is 9.10. The first-order valence-corrected chi connectivity index (χ1v) is 9.10. The van der Waals surface area contributed by atoms with Crippen molar-refractivity contribution < 1.29 is 4.79 Å². The highest BCUT2D eigenvalue weighted by Crippen LogP contribution is 2.24. The fourth-order valence-electron chi connectivity index (χ4n) is 2.24. The van der Waals surface area contributed by atoms with Crippen LogP contribution in [0.5, 0.6) is 0 Å². The summed E-state index contributed by atoms with van der Waals surface area (Å²) in [7, 11) is 1.81. The van der Waals surface area contributed by atoms with Crippen molar-refractivity contribution in [3.63, 3.8) is 0 Å². The standard InChI is InChI=1S/C17H14BrCl2N5O/c1-24-8-12(7-21-24)3-5-16(26)22-17-13(18)10-25(23-17)9-11-2-4-14(19)15(20)6-11/h2-8,10H,9H2,1H3,(H,22,23,26)/b5-3+. The highest BCUT2D eigenvalue weighted by Gasteiger charge is 2.10. The third-order valence-corrected chi connectivity index (χ3v) is 4.76. The van der Waals surface area contributed by atoms with E-state index >= 15 is 0 Å². The molecule has 2 aromatic heterocycles. The summed E-state index contributed by atoms with van der Waals surface area (Å²) in [6, 6.07) is 5.40. The zero-order valence-electron chi connectivity index (χ0n) is 13.7. The second-order valence-electron chi connectivity index (χ2n) is 5.54. The van der Waals surface area contributed by atoms with E-state index < -0.39 is 0 Å². The van der Waals surface area contributed by atoms with Crippen molar-refractivity contribution >= 4 is 56.9 Å². The number of aryl methyl sites for hydroxylation is 1. The summed E-state index contributed by atoms with van der Waals surface area (Å²) in [5.41, 5.74) is 1.79. The number of carbonyl (C=O) groups is 1. The van der Waals surface area contributed by atoms with E-state index in [9.17, 15) is 4.79 Å². The fraction of sp³-hybridized carbons (Fsp3) is 0.118. The molecule has 1 N–H and O–H groups in total. The second-order valence-corrected chi connectivity index (χ2v) is 7.21. The molecule has 0 atom stereocenters. The molecule has 1 aromatic carbocycles. The molecule has 0 radical (unpaired) electrons. The first kappa shape index (κ1) is 18.7. The fourth-order valence-corrected chi connectivity index (χ4v) is 2.98. The number of nitrogens with zero attached hydrogens (tertiary/aromatic N) is 4.